The first kappa shape index (κ1) is 21.2. The van der Waals surface area contributed by atoms with Gasteiger partial charge >= 0.3 is 0 Å². The first-order valence-electron chi connectivity index (χ1n) is 9.58. The number of likely N-dealkylation sites (tertiary alicyclic amines) is 1. The van der Waals surface area contributed by atoms with Crippen LogP contribution in [0, 0.1) is 5.92 Å². The van der Waals surface area contributed by atoms with Gasteiger partial charge in [-0.25, -0.2) is 4.99 Å². The molecular formula is C20H32N4O3. The van der Waals surface area contributed by atoms with Gasteiger partial charge in [0.15, 0.2) is 5.96 Å². The van der Waals surface area contributed by atoms with Crippen LogP contribution in [0.3, 0.4) is 0 Å². The second-order valence-electron chi connectivity index (χ2n) is 6.61. The third kappa shape index (κ3) is 6.84. The Labute approximate surface area is 162 Å². The number of guanidine groups is 1. The van der Waals surface area contributed by atoms with Gasteiger partial charge in [0, 0.05) is 45.3 Å². The van der Waals surface area contributed by atoms with Gasteiger partial charge in [0.25, 0.3) is 5.91 Å². The summed E-state index contributed by atoms with van der Waals surface area (Å²) >= 11 is 0. The summed E-state index contributed by atoms with van der Waals surface area (Å²) in [7, 11) is 3.32. The van der Waals surface area contributed by atoms with E-state index in [1.165, 1.54) is 0 Å². The molecule has 1 amide bonds. The Kier molecular flexibility index (Phi) is 9.07. The second kappa shape index (κ2) is 11.6. The van der Waals surface area contributed by atoms with E-state index in [2.05, 4.69) is 22.5 Å². The Morgan fingerprint density at radius 1 is 1.30 bits per heavy atom. The Bertz CT molecular complexity index is 604. The van der Waals surface area contributed by atoms with Gasteiger partial charge in [-0.1, -0.05) is 12.1 Å². The fourth-order valence-corrected chi connectivity index (χ4v) is 3.05. The van der Waals surface area contributed by atoms with Gasteiger partial charge in [0.05, 0.1) is 26.4 Å². The van der Waals surface area contributed by atoms with E-state index in [0.29, 0.717) is 31.2 Å². The summed E-state index contributed by atoms with van der Waals surface area (Å²) in [6.45, 7) is 7.48. The number of amides is 1. The largest absolute Gasteiger partial charge is 0.382 e. The quantitative estimate of drug-likeness (QED) is 0.388. The van der Waals surface area contributed by atoms with E-state index in [0.717, 1.165) is 44.2 Å². The lowest BCUT2D eigenvalue weighted by Crippen LogP contribution is -2.40. The molecule has 1 saturated heterocycles. The van der Waals surface area contributed by atoms with Crippen LogP contribution in [0.4, 0.5) is 0 Å². The molecule has 2 N–H and O–H groups in total. The molecule has 27 heavy (non-hydrogen) atoms. The minimum atomic E-state index is -0.0748. The number of benzene rings is 1. The number of rotatable bonds is 9. The zero-order valence-corrected chi connectivity index (χ0v) is 16.7. The zero-order valence-electron chi connectivity index (χ0n) is 16.7. The summed E-state index contributed by atoms with van der Waals surface area (Å²) in [6, 6.07) is 7.57. The van der Waals surface area contributed by atoms with Crippen LogP contribution in [0.1, 0.15) is 29.3 Å². The highest BCUT2D eigenvalue weighted by Gasteiger charge is 2.24. The zero-order chi connectivity index (χ0) is 19.5. The molecule has 1 unspecified atom stereocenters. The highest BCUT2D eigenvalue weighted by molar-refractivity contribution is 5.93. The first-order valence-corrected chi connectivity index (χ1v) is 9.58. The molecule has 0 spiro atoms. The number of ether oxygens (including phenoxy) is 2. The van der Waals surface area contributed by atoms with Crippen molar-refractivity contribution in [1.29, 1.82) is 0 Å². The van der Waals surface area contributed by atoms with E-state index in [-0.39, 0.29) is 5.91 Å². The predicted molar refractivity (Wildman–Crippen MR) is 107 cm³/mol. The number of hydrogen-bond acceptors (Lipinski definition) is 4. The fraction of sp³-hybridized carbons (Fsp3) is 0.600. The van der Waals surface area contributed by atoms with Crippen molar-refractivity contribution in [1.82, 2.24) is 15.5 Å². The van der Waals surface area contributed by atoms with Crippen LogP contribution in [0.2, 0.25) is 0 Å². The molecule has 1 aliphatic heterocycles. The molecule has 1 aromatic carbocycles. The monoisotopic (exact) mass is 376 g/mol. The lowest BCUT2D eigenvalue weighted by atomic mass is 10.1. The molecule has 7 heteroatoms. The first-order chi connectivity index (χ1) is 13.2. The molecule has 1 heterocycles. The number of nitrogens with zero attached hydrogens (tertiary/aromatic N) is 2. The number of hydrogen-bond donors (Lipinski definition) is 2. The van der Waals surface area contributed by atoms with Crippen molar-refractivity contribution in [3.8, 4) is 0 Å². The molecule has 2 rings (SSSR count). The van der Waals surface area contributed by atoms with Crippen molar-refractivity contribution >= 4 is 11.9 Å². The molecule has 1 aromatic rings. The third-order valence-electron chi connectivity index (χ3n) is 4.56. The molecule has 0 aromatic heterocycles. The van der Waals surface area contributed by atoms with Crippen molar-refractivity contribution in [2.24, 2.45) is 10.9 Å². The molecule has 1 atom stereocenters. The molecule has 1 aliphatic rings. The molecule has 0 aliphatic carbocycles. The molecule has 0 saturated carbocycles. The molecular weight excluding hydrogens is 344 g/mol. The smallest absolute Gasteiger partial charge is 0.251 e. The average Bonchev–Trinajstić information content (AvgIpc) is 3.17. The van der Waals surface area contributed by atoms with E-state index >= 15 is 0 Å². The SMILES string of the molecule is CCNC(=NCc1ccc(C(=O)NC)cc1)N1CCC(COCCOC)C1. The minimum absolute atomic E-state index is 0.0748. The van der Waals surface area contributed by atoms with Crippen molar-refractivity contribution < 1.29 is 14.3 Å². The number of methoxy groups -OCH3 is 1. The lowest BCUT2D eigenvalue weighted by Gasteiger charge is -2.21. The summed E-state index contributed by atoms with van der Waals surface area (Å²) in [6.07, 6.45) is 1.11. The Balaban J connectivity index is 1.89. The van der Waals surface area contributed by atoms with Crippen LogP contribution in [0.5, 0.6) is 0 Å². The Morgan fingerprint density at radius 2 is 2.07 bits per heavy atom. The van der Waals surface area contributed by atoms with E-state index < -0.39 is 0 Å². The summed E-state index contributed by atoms with van der Waals surface area (Å²) in [5.74, 6) is 1.39. The van der Waals surface area contributed by atoms with Gasteiger partial charge < -0.3 is 25.0 Å². The van der Waals surface area contributed by atoms with Crippen LogP contribution < -0.4 is 10.6 Å². The van der Waals surface area contributed by atoms with Gasteiger partial charge in [-0.3, -0.25) is 4.79 Å². The minimum Gasteiger partial charge on any atom is -0.382 e. The van der Waals surface area contributed by atoms with E-state index in [1.807, 2.05) is 24.3 Å². The molecule has 0 radical (unpaired) electrons. The van der Waals surface area contributed by atoms with Gasteiger partial charge in [0.1, 0.15) is 0 Å². The van der Waals surface area contributed by atoms with Crippen molar-refractivity contribution in [2.75, 3.05) is 53.6 Å². The maximum atomic E-state index is 11.6. The van der Waals surface area contributed by atoms with Crippen molar-refractivity contribution in [3.63, 3.8) is 0 Å². The molecule has 0 bridgehead atoms. The average molecular weight is 377 g/mol. The number of aliphatic imine (C=N–C) groups is 1. The topological polar surface area (TPSA) is 75.2 Å². The molecule has 1 fully saturated rings. The van der Waals surface area contributed by atoms with Crippen molar-refractivity contribution in [3.05, 3.63) is 35.4 Å². The van der Waals surface area contributed by atoms with E-state index in [9.17, 15) is 4.79 Å². The number of carbonyl (C=O) groups excluding carboxylic acids is 1. The highest BCUT2D eigenvalue weighted by atomic mass is 16.5. The summed E-state index contributed by atoms with van der Waals surface area (Å²) < 4.78 is 10.7. The third-order valence-corrected chi connectivity index (χ3v) is 4.56. The van der Waals surface area contributed by atoms with E-state index in [1.54, 1.807) is 14.2 Å². The van der Waals surface area contributed by atoms with Gasteiger partial charge in [-0.2, -0.15) is 0 Å². The predicted octanol–water partition coefficient (Wildman–Crippen LogP) is 1.50. The maximum absolute atomic E-state index is 11.6. The summed E-state index contributed by atoms with van der Waals surface area (Å²) in [5, 5.41) is 6.01. The number of nitrogens with one attached hydrogen (secondary N) is 2. The lowest BCUT2D eigenvalue weighted by molar-refractivity contribution is 0.0536. The summed E-state index contributed by atoms with van der Waals surface area (Å²) in [4.78, 5) is 18.7. The number of carbonyl (C=O) groups is 1. The van der Waals surface area contributed by atoms with Crippen LogP contribution in [0.25, 0.3) is 0 Å². The standard InChI is InChI=1S/C20H32N4O3/c1-4-22-20(24-10-9-17(14-24)15-27-12-11-26-3)23-13-16-5-7-18(8-6-16)19(25)21-2/h5-8,17H,4,9-15H2,1-3H3,(H,21,25)(H,22,23). The maximum Gasteiger partial charge on any atom is 0.251 e. The Hall–Kier alpha value is -2.12. The van der Waals surface area contributed by atoms with Crippen LogP contribution in [-0.2, 0) is 16.0 Å². The van der Waals surface area contributed by atoms with Gasteiger partial charge in [0.2, 0.25) is 0 Å². The van der Waals surface area contributed by atoms with Crippen LogP contribution in [-0.4, -0.2) is 70.4 Å². The van der Waals surface area contributed by atoms with Crippen molar-refractivity contribution in [2.45, 2.75) is 19.9 Å². The summed E-state index contributed by atoms with van der Waals surface area (Å²) in [5.41, 5.74) is 1.74. The van der Waals surface area contributed by atoms with Gasteiger partial charge in [-0.15, -0.1) is 0 Å². The normalized spacial score (nSPS) is 17.2. The van der Waals surface area contributed by atoms with Crippen LogP contribution >= 0.6 is 0 Å². The van der Waals surface area contributed by atoms with Gasteiger partial charge in [-0.05, 0) is 31.0 Å². The second-order valence-corrected chi connectivity index (χ2v) is 6.61. The van der Waals surface area contributed by atoms with E-state index in [4.69, 9.17) is 14.5 Å². The highest BCUT2D eigenvalue weighted by Crippen LogP contribution is 2.17. The fourth-order valence-electron chi connectivity index (χ4n) is 3.05. The molecule has 7 nitrogen and oxygen atoms in total. The molecule has 150 valence electrons. The Morgan fingerprint density at radius 3 is 2.74 bits per heavy atom. The van der Waals surface area contributed by atoms with Crippen LogP contribution in [0.15, 0.2) is 29.3 Å².